The molecule has 0 unspecified atom stereocenters. The predicted octanol–water partition coefficient (Wildman–Crippen LogP) is 16.7. The van der Waals surface area contributed by atoms with Gasteiger partial charge in [-0.05, 0) is 220 Å². The number of H-pyrrole nitrogens is 6. The summed E-state index contributed by atoms with van der Waals surface area (Å²) in [6, 6.07) is 91.7. The third-order valence-corrected chi connectivity index (χ3v) is 21.0. The number of fused-ring (bicyclic) bond motifs is 6. The summed E-state index contributed by atoms with van der Waals surface area (Å²) in [6.45, 7) is 10.7. The monoisotopic (exact) mass is 1500 g/mol. The van der Waals surface area contributed by atoms with Gasteiger partial charge in [0.25, 0.3) is 0 Å². The summed E-state index contributed by atoms with van der Waals surface area (Å²) in [4.78, 5) is 21.5. The second-order valence-electron chi connectivity index (χ2n) is 30.0. The lowest BCUT2D eigenvalue weighted by Gasteiger charge is -2.15. The van der Waals surface area contributed by atoms with Crippen LogP contribution in [0.4, 0.5) is 0 Å². The van der Waals surface area contributed by atoms with E-state index in [9.17, 15) is 0 Å². The van der Waals surface area contributed by atoms with Gasteiger partial charge in [-0.2, -0.15) is 0 Å². The van der Waals surface area contributed by atoms with Crippen LogP contribution in [0.5, 0.6) is 0 Å². The number of rotatable bonds is 37. The first-order valence-corrected chi connectivity index (χ1v) is 39.4. The number of aromatic nitrogens is 12. The lowest BCUT2D eigenvalue weighted by Crippen LogP contribution is -2.15. The van der Waals surface area contributed by atoms with Gasteiger partial charge in [-0.25, -0.2) is 9.36 Å². The summed E-state index contributed by atoms with van der Waals surface area (Å²) in [6.07, 6.45) is 3.95. The number of hydrogen-bond acceptors (Lipinski definition) is 12. The van der Waals surface area contributed by atoms with Gasteiger partial charge in [-0.3, -0.25) is 0 Å². The highest BCUT2D eigenvalue weighted by Crippen LogP contribution is 2.31. The van der Waals surface area contributed by atoms with Gasteiger partial charge in [0.05, 0.1) is 51.9 Å². The largest absolute Gasteiger partial charge is 0.373 e. The molecule has 8 heterocycles. The summed E-state index contributed by atoms with van der Waals surface area (Å²) in [7, 11) is 0. The molecule has 0 spiro atoms. The molecular formula is C94H92N18O2. The smallest absolute Gasteiger partial charge is 0.108 e. The average Bonchev–Trinajstić information content (AvgIpc) is 1.47. The summed E-state index contributed by atoms with van der Waals surface area (Å²) in [5.41, 5.74) is 29.2. The van der Waals surface area contributed by atoms with E-state index in [0.717, 1.165) is 112 Å². The van der Waals surface area contributed by atoms with Crippen LogP contribution in [0.15, 0.2) is 267 Å². The number of hydrogen-bond donors (Lipinski definition) is 12. The van der Waals surface area contributed by atoms with E-state index >= 15 is 0 Å². The Morgan fingerprint density at radius 3 is 0.702 bits per heavy atom. The molecule has 12 N–H and O–H groups in total. The zero-order valence-corrected chi connectivity index (χ0v) is 63.6. The molecule has 20 heteroatoms. The zero-order valence-electron chi connectivity index (χ0n) is 63.6. The van der Waals surface area contributed by atoms with Crippen molar-refractivity contribution in [2.24, 2.45) is 0 Å². The Morgan fingerprint density at radius 2 is 0.465 bits per heavy atom. The van der Waals surface area contributed by atoms with Gasteiger partial charge < -0.3 is 71.3 Å². The third kappa shape index (κ3) is 18.4. The Labute approximate surface area is 660 Å². The fourth-order valence-electron chi connectivity index (χ4n) is 15.7. The molecular weight excluding hydrogens is 1410 g/mol. The second-order valence-corrected chi connectivity index (χ2v) is 30.0. The standard InChI is InChI=1S/C94H92N18O2/c1-7-19-89-71(13-1)39-81(101-89)51-95-45-63-27-64(46-96-52-82-40-72-14-2-8-20-90(72)102-82)32-77(31-63)79-35-67(49-99-55-85-43-75-17-5-11-23-93(75)105-85)29-69(37-79)57-111-59-87(107-109-111)61-113-25-26-114-62-88-60-112(110-108-88)58-70-30-68(50-100-56-86-44-76-18-6-12-24-94(76)106-86)36-80(38-70)78-33-65(47-97-53-83-41-73-15-3-9-21-91(73)103-83)28-66(34-78)48-98-54-84-42-74-16-4-10-22-92(74)104-84/h1-24,27-44,59-60,95-106H,25-26,45-58,61-62H2. The summed E-state index contributed by atoms with van der Waals surface area (Å²) < 4.78 is 16.1. The number of nitrogens with zero attached hydrogens (tertiary/aromatic N) is 6. The maximum atomic E-state index is 6.17. The molecule has 0 saturated heterocycles. The van der Waals surface area contributed by atoms with Crippen molar-refractivity contribution in [3.05, 3.63) is 357 Å². The van der Waals surface area contributed by atoms with E-state index in [1.54, 1.807) is 0 Å². The van der Waals surface area contributed by atoms with Crippen molar-refractivity contribution in [3.8, 4) is 22.3 Å². The molecule has 18 aromatic rings. The molecule has 0 saturated carbocycles. The molecule has 0 aliphatic heterocycles. The number of aromatic amines is 6. The van der Waals surface area contributed by atoms with E-state index < -0.39 is 0 Å². The molecule has 0 bridgehead atoms. The van der Waals surface area contributed by atoms with Gasteiger partial charge in [0.1, 0.15) is 11.4 Å². The third-order valence-electron chi connectivity index (χ3n) is 21.0. The minimum atomic E-state index is 0.289. The number of ether oxygens (including phenoxy) is 2. The van der Waals surface area contributed by atoms with Crippen LogP contribution in [0.3, 0.4) is 0 Å². The van der Waals surface area contributed by atoms with Gasteiger partial charge >= 0.3 is 0 Å². The van der Waals surface area contributed by atoms with Crippen LogP contribution in [0, 0.1) is 0 Å². The van der Waals surface area contributed by atoms with Crippen LogP contribution in [0.2, 0.25) is 0 Å². The second kappa shape index (κ2) is 34.6. The molecule has 570 valence electrons. The van der Waals surface area contributed by atoms with Crippen molar-refractivity contribution >= 4 is 65.4 Å². The Hall–Kier alpha value is -12.6. The summed E-state index contributed by atoms with van der Waals surface area (Å²) in [5, 5.41) is 48.1. The van der Waals surface area contributed by atoms with E-state index in [0.29, 0.717) is 105 Å². The number of para-hydroxylation sites is 6. The number of benzene rings is 10. The molecule has 0 amide bonds. The quantitative estimate of drug-likeness (QED) is 0.0163. The van der Waals surface area contributed by atoms with Crippen molar-refractivity contribution in [1.82, 2.24) is 91.8 Å². The first kappa shape index (κ1) is 72.9. The highest BCUT2D eigenvalue weighted by molar-refractivity contribution is 5.84. The highest BCUT2D eigenvalue weighted by atomic mass is 16.5. The molecule has 0 aliphatic carbocycles. The maximum absolute atomic E-state index is 6.17. The highest BCUT2D eigenvalue weighted by Gasteiger charge is 2.16. The van der Waals surface area contributed by atoms with Crippen molar-refractivity contribution in [2.45, 2.75) is 105 Å². The topological polar surface area (TPSA) is 247 Å². The average molecular weight is 1510 g/mol. The first-order chi connectivity index (χ1) is 56.3. The molecule has 0 fully saturated rings. The molecule has 114 heavy (non-hydrogen) atoms. The van der Waals surface area contributed by atoms with Crippen LogP contribution in [-0.4, -0.2) is 73.1 Å². The Morgan fingerprint density at radius 1 is 0.246 bits per heavy atom. The Bertz CT molecular complexity index is 5530. The van der Waals surface area contributed by atoms with Crippen molar-refractivity contribution in [2.75, 3.05) is 13.2 Å². The first-order valence-electron chi connectivity index (χ1n) is 39.4. The van der Waals surface area contributed by atoms with E-state index in [4.69, 9.17) is 9.47 Å². The van der Waals surface area contributed by atoms with Crippen LogP contribution in [0.1, 0.15) is 90.1 Å². The van der Waals surface area contributed by atoms with Crippen LogP contribution >= 0.6 is 0 Å². The SMILES string of the molecule is c1ccc2[nH]c(CNCc3cc(CNCc4cc5ccccc5[nH]4)cc(-c4cc(CNCc5cc6ccccc6[nH]5)cc(Cn5cc(COCCOCc6cn(Cc7cc(CNCc8cc9ccccc9[nH]8)cc(-c8cc(CNCc9cc%10ccccc%10[nH]9)cc(CNCc9cc%10ccccc%10[nH]9)c8)c7)nn6)nn5)c4)c3)cc2c1. The van der Waals surface area contributed by atoms with Gasteiger partial charge in [0, 0.05) is 146 Å². The van der Waals surface area contributed by atoms with E-state index in [1.807, 2.05) is 21.8 Å². The summed E-state index contributed by atoms with van der Waals surface area (Å²) in [5.74, 6) is 0. The normalized spacial score (nSPS) is 11.9. The lowest BCUT2D eigenvalue weighted by atomic mass is 9.96. The molecule has 0 aliphatic rings. The fraction of sp³-hybridized carbons (Fsp3) is 0.191. The summed E-state index contributed by atoms with van der Waals surface area (Å²) >= 11 is 0. The van der Waals surface area contributed by atoms with E-state index in [2.05, 4.69) is 337 Å². The van der Waals surface area contributed by atoms with Gasteiger partial charge in [0.15, 0.2) is 0 Å². The molecule has 20 nitrogen and oxygen atoms in total. The fourth-order valence-corrected chi connectivity index (χ4v) is 15.7. The van der Waals surface area contributed by atoms with E-state index in [1.165, 1.54) is 65.7 Å². The Balaban J connectivity index is 0.529. The predicted molar refractivity (Wildman–Crippen MR) is 454 cm³/mol. The number of nitrogens with one attached hydrogen (secondary N) is 12. The van der Waals surface area contributed by atoms with Crippen LogP contribution in [0.25, 0.3) is 87.7 Å². The van der Waals surface area contributed by atoms with Crippen molar-refractivity contribution in [3.63, 3.8) is 0 Å². The molecule has 0 radical (unpaired) electrons. The van der Waals surface area contributed by atoms with Crippen LogP contribution < -0.4 is 31.9 Å². The van der Waals surface area contributed by atoms with Crippen molar-refractivity contribution in [1.29, 1.82) is 0 Å². The lowest BCUT2D eigenvalue weighted by molar-refractivity contribution is 0.0318. The molecule has 0 atom stereocenters. The minimum Gasteiger partial charge on any atom is -0.373 e. The van der Waals surface area contributed by atoms with Gasteiger partial charge in [-0.1, -0.05) is 144 Å². The van der Waals surface area contributed by atoms with Crippen LogP contribution in [-0.2, 0) is 114 Å². The van der Waals surface area contributed by atoms with Crippen molar-refractivity contribution < 1.29 is 9.47 Å². The van der Waals surface area contributed by atoms with E-state index in [-0.39, 0.29) is 13.2 Å². The molecule has 8 aromatic heterocycles. The minimum absolute atomic E-state index is 0.289. The Kier molecular flexibility index (Phi) is 22.1. The van der Waals surface area contributed by atoms with Gasteiger partial charge in [0.2, 0.25) is 0 Å². The zero-order chi connectivity index (χ0) is 76.2. The molecule has 10 aromatic carbocycles. The maximum Gasteiger partial charge on any atom is 0.108 e. The van der Waals surface area contributed by atoms with Gasteiger partial charge in [-0.15, -0.1) is 10.2 Å². The molecule has 18 rings (SSSR count).